The lowest BCUT2D eigenvalue weighted by atomic mass is 10.1. The largest absolute Gasteiger partial charge is 0.493 e. The van der Waals surface area contributed by atoms with Crippen LogP contribution in [0.4, 0.5) is 5.69 Å². The molecule has 2 aromatic carbocycles. The van der Waals surface area contributed by atoms with Gasteiger partial charge in [-0.2, -0.15) is 0 Å². The highest BCUT2D eigenvalue weighted by molar-refractivity contribution is 8.26. The van der Waals surface area contributed by atoms with E-state index in [1.54, 1.807) is 35.2 Å². The quantitative estimate of drug-likeness (QED) is 0.399. The Kier molecular flexibility index (Phi) is 8.10. The second-order valence-electron chi connectivity index (χ2n) is 7.66. The molecule has 1 atom stereocenters. The number of amides is 2. The van der Waals surface area contributed by atoms with Crippen molar-refractivity contribution in [3.63, 3.8) is 0 Å². The van der Waals surface area contributed by atoms with Gasteiger partial charge in [0.2, 0.25) is 0 Å². The fraction of sp³-hybridized carbons (Fsp3) is 0.292. The van der Waals surface area contributed by atoms with E-state index in [1.807, 2.05) is 18.2 Å². The molecule has 0 saturated carbocycles. The van der Waals surface area contributed by atoms with Crippen molar-refractivity contribution in [2.75, 3.05) is 32.2 Å². The predicted molar refractivity (Wildman–Crippen MR) is 137 cm³/mol. The summed E-state index contributed by atoms with van der Waals surface area (Å²) in [6.07, 6.45) is 3.66. The molecule has 0 aliphatic carbocycles. The van der Waals surface area contributed by atoms with Crippen LogP contribution in [-0.2, 0) is 14.3 Å². The number of benzene rings is 2. The highest BCUT2D eigenvalue weighted by Crippen LogP contribution is 2.39. The van der Waals surface area contributed by atoms with Gasteiger partial charge < -0.3 is 19.5 Å². The molecule has 0 bridgehead atoms. The number of nitrogens with zero attached hydrogens (tertiary/aromatic N) is 1. The molecule has 2 aliphatic rings. The van der Waals surface area contributed by atoms with Gasteiger partial charge in [-0.25, -0.2) is 0 Å². The Hall–Kier alpha value is -2.59. The van der Waals surface area contributed by atoms with Crippen molar-refractivity contribution in [1.82, 2.24) is 4.90 Å². The monoisotopic (exact) mass is 518 g/mol. The second kappa shape index (κ2) is 11.2. The first-order chi connectivity index (χ1) is 16.4. The molecule has 0 radical (unpaired) electrons. The molecular formula is C24H23ClN2O5S2. The maximum Gasteiger partial charge on any atom is 0.266 e. The lowest BCUT2D eigenvalue weighted by Crippen LogP contribution is -2.35. The SMILES string of the molecule is COc1cc(/C=C2\SC(=S)N(C[C@@H]3CCCO3)C2=O)cc(Cl)c1OCC(=O)Nc1ccccc1. The first-order valence-corrected chi connectivity index (χ1v) is 12.3. The molecule has 4 rings (SSSR count). The Morgan fingerprint density at radius 3 is 2.85 bits per heavy atom. The Bertz CT molecular complexity index is 1120. The van der Waals surface area contributed by atoms with Crippen molar-refractivity contribution >= 4 is 63.5 Å². The minimum Gasteiger partial charge on any atom is -0.493 e. The Labute approximate surface area is 212 Å². The molecule has 2 amide bonds. The zero-order chi connectivity index (χ0) is 24.1. The third kappa shape index (κ3) is 5.90. The summed E-state index contributed by atoms with van der Waals surface area (Å²) in [4.78, 5) is 27.2. The first kappa shape index (κ1) is 24.5. The number of hydrogen-bond donors (Lipinski definition) is 1. The zero-order valence-corrected chi connectivity index (χ0v) is 20.8. The molecule has 2 saturated heterocycles. The number of halogens is 1. The van der Waals surface area contributed by atoms with Crippen LogP contribution in [0.3, 0.4) is 0 Å². The minimum atomic E-state index is -0.330. The van der Waals surface area contributed by atoms with Gasteiger partial charge in [0.1, 0.15) is 4.32 Å². The van der Waals surface area contributed by atoms with Gasteiger partial charge in [-0.15, -0.1) is 0 Å². The van der Waals surface area contributed by atoms with E-state index < -0.39 is 0 Å². The summed E-state index contributed by atoms with van der Waals surface area (Å²) in [5.74, 6) is 0.110. The van der Waals surface area contributed by atoms with Gasteiger partial charge in [0.15, 0.2) is 18.1 Å². The Morgan fingerprint density at radius 1 is 1.35 bits per heavy atom. The fourth-order valence-electron chi connectivity index (χ4n) is 3.62. The van der Waals surface area contributed by atoms with Gasteiger partial charge >= 0.3 is 0 Å². The van der Waals surface area contributed by atoms with Crippen LogP contribution in [0.15, 0.2) is 47.4 Å². The lowest BCUT2D eigenvalue weighted by Gasteiger charge is -2.18. The highest BCUT2D eigenvalue weighted by Gasteiger charge is 2.34. The van der Waals surface area contributed by atoms with E-state index in [0.717, 1.165) is 19.4 Å². The molecule has 2 heterocycles. The third-order valence-corrected chi connectivity index (χ3v) is 6.90. The Morgan fingerprint density at radius 2 is 2.15 bits per heavy atom. The van der Waals surface area contributed by atoms with Crippen LogP contribution in [0.25, 0.3) is 6.08 Å². The third-order valence-electron chi connectivity index (χ3n) is 5.24. The van der Waals surface area contributed by atoms with Crippen LogP contribution < -0.4 is 14.8 Å². The van der Waals surface area contributed by atoms with E-state index in [9.17, 15) is 9.59 Å². The summed E-state index contributed by atoms with van der Waals surface area (Å²) >= 11 is 13.1. The second-order valence-corrected chi connectivity index (χ2v) is 9.75. The van der Waals surface area contributed by atoms with Gasteiger partial charge in [-0.3, -0.25) is 14.5 Å². The van der Waals surface area contributed by atoms with Crippen LogP contribution in [0.5, 0.6) is 11.5 Å². The topological polar surface area (TPSA) is 77.1 Å². The number of ether oxygens (including phenoxy) is 3. The molecule has 0 aromatic heterocycles. The molecule has 1 N–H and O–H groups in total. The zero-order valence-electron chi connectivity index (χ0n) is 18.4. The van der Waals surface area contributed by atoms with Crippen molar-refractivity contribution in [3.8, 4) is 11.5 Å². The lowest BCUT2D eigenvalue weighted by molar-refractivity contribution is -0.123. The van der Waals surface area contributed by atoms with Crippen LogP contribution >= 0.6 is 35.6 Å². The van der Waals surface area contributed by atoms with E-state index in [0.29, 0.717) is 32.8 Å². The average molecular weight is 519 g/mol. The molecule has 178 valence electrons. The van der Waals surface area contributed by atoms with Crippen molar-refractivity contribution < 1.29 is 23.8 Å². The summed E-state index contributed by atoms with van der Waals surface area (Å²) in [5.41, 5.74) is 1.32. The molecule has 34 heavy (non-hydrogen) atoms. The fourth-order valence-corrected chi connectivity index (χ4v) is 5.17. The number of hydrogen-bond acceptors (Lipinski definition) is 7. The first-order valence-electron chi connectivity index (χ1n) is 10.7. The molecule has 2 aromatic rings. The van der Waals surface area contributed by atoms with Crippen LogP contribution in [0, 0.1) is 0 Å². The average Bonchev–Trinajstić information content (AvgIpc) is 3.43. The number of thiocarbonyl (C=S) groups is 1. The number of methoxy groups -OCH3 is 1. The minimum absolute atomic E-state index is 0.0203. The smallest absolute Gasteiger partial charge is 0.266 e. The van der Waals surface area contributed by atoms with E-state index in [-0.39, 0.29) is 35.3 Å². The Balaban J connectivity index is 1.45. The molecule has 7 nitrogen and oxygen atoms in total. The summed E-state index contributed by atoms with van der Waals surface area (Å²) in [5, 5.41) is 3.00. The van der Waals surface area contributed by atoms with Gasteiger partial charge in [0, 0.05) is 12.3 Å². The van der Waals surface area contributed by atoms with E-state index >= 15 is 0 Å². The number of anilines is 1. The standard InChI is InChI=1S/C24H23ClN2O5S2/c1-30-19-11-15(12-20-23(29)27(24(33)34-20)13-17-8-5-9-31-17)10-18(25)22(19)32-14-21(28)26-16-6-3-2-4-7-16/h2-4,6-7,10-12,17H,5,8-9,13-14H2,1H3,(H,26,28)/b20-12-/t17-/m0/s1. The summed E-state index contributed by atoms with van der Waals surface area (Å²) in [7, 11) is 1.48. The van der Waals surface area contributed by atoms with Crippen molar-refractivity contribution in [3.05, 3.63) is 58.0 Å². The van der Waals surface area contributed by atoms with Crippen molar-refractivity contribution in [2.45, 2.75) is 18.9 Å². The number of carbonyl (C=O) groups excluding carboxylic acids is 2. The number of thioether (sulfide) groups is 1. The maximum atomic E-state index is 12.9. The molecule has 10 heteroatoms. The summed E-state index contributed by atoms with van der Waals surface area (Å²) < 4.78 is 17.2. The number of carbonyl (C=O) groups is 2. The molecule has 0 spiro atoms. The maximum absolute atomic E-state index is 12.9. The normalized spacial score (nSPS) is 19.1. The summed E-state index contributed by atoms with van der Waals surface area (Å²) in [6.45, 7) is 0.937. The molecule has 2 aliphatic heterocycles. The number of para-hydroxylation sites is 1. The van der Waals surface area contributed by atoms with Crippen molar-refractivity contribution in [1.29, 1.82) is 0 Å². The van der Waals surface area contributed by atoms with E-state index in [4.69, 9.17) is 38.0 Å². The van der Waals surface area contributed by atoms with Crippen molar-refractivity contribution in [2.24, 2.45) is 0 Å². The molecule has 0 unspecified atom stereocenters. The van der Waals surface area contributed by atoms with Crippen LogP contribution in [0.2, 0.25) is 5.02 Å². The molecular weight excluding hydrogens is 496 g/mol. The van der Waals surface area contributed by atoms with E-state index in [2.05, 4.69) is 5.32 Å². The number of nitrogens with one attached hydrogen (secondary N) is 1. The summed E-state index contributed by atoms with van der Waals surface area (Å²) in [6, 6.07) is 12.4. The van der Waals surface area contributed by atoms with Gasteiger partial charge in [-0.1, -0.05) is 53.8 Å². The van der Waals surface area contributed by atoms with Crippen LogP contribution in [0.1, 0.15) is 18.4 Å². The van der Waals surface area contributed by atoms with Gasteiger partial charge in [0.25, 0.3) is 11.8 Å². The predicted octanol–water partition coefficient (Wildman–Crippen LogP) is 4.75. The molecule has 2 fully saturated rings. The van der Waals surface area contributed by atoms with Gasteiger partial charge in [0.05, 0.1) is 29.7 Å². The highest BCUT2D eigenvalue weighted by atomic mass is 35.5. The van der Waals surface area contributed by atoms with Gasteiger partial charge in [-0.05, 0) is 48.7 Å². The van der Waals surface area contributed by atoms with E-state index in [1.165, 1.54) is 18.9 Å². The van der Waals surface area contributed by atoms with Crippen LogP contribution in [-0.4, -0.2) is 54.0 Å². The number of rotatable bonds is 8.